The minimum atomic E-state index is 0.0971. The largest absolute Gasteiger partial charge is 0.467 e. The first-order chi connectivity index (χ1) is 10.1. The van der Waals surface area contributed by atoms with Crippen molar-refractivity contribution in [3.05, 3.63) is 45.5 Å². The van der Waals surface area contributed by atoms with Gasteiger partial charge in [0.05, 0.1) is 10.6 Å². The molecule has 2 aromatic heterocycles. The highest BCUT2D eigenvalue weighted by molar-refractivity contribution is 7.16. The molecule has 1 fully saturated rings. The Hall–Kier alpha value is -0.770. The zero-order chi connectivity index (χ0) is 14.9. The molecule has 21 heavy (non-hydrogen) atoms. The van der Waals surface area contributed by atoms with Crippen LogP contribution in [0, 0.1) is 5.41 Å². The van der Waals surface area contributed by atoms with E-state index < -0.39 is 0 Å². The molecular weight excluding hydrogens is 302 g/mol. The van der Waals surface area contributed by atoms with Gasteiger partial charge in [0.15, 0.2) is 0 Å². The fraction of sp³-hybridized carbons (Fsp3) is 0.529. The number of thiophene rings is 1. The van der Waals surface area contributed by atoms with Crippen LogP contribution in [0.5, 0.6) is 0 Å². The Labute approximate surface area is 135 Å². The minimum absolute atomic E-state index is 0.0971. The van der Waals surface area contributed by atoms with E-state index in [1.54, 1.807) is 17.6 Å². The van der Waals surface area contributed by atoms with Crippen LogP contribution in [0.2, 0.25) is 4.34 Å². The smallest absolute Gasteiger partial charge is 0.126 e. The van der Waals surface area contributed by atoms with Crippen molar-refractivity contribution in [3.8, 4) is 0 Å². The Kier molecular flexibility index (Phi) is 4.43. The van der Waals surface area contributed by atoms with E-state index in [-0.39, 0.29) is 6.04 Å². The topological polar surface area (TPSA) is 25.2 Å². The summed E-state index contributed by atoms with van der Waals surface area (Å²) in [6.07, 6.45) is 6.88. The Morgan fingerprint density at radius 2 is 2.19 bits per heavy atom. The van der Waals surface area contributed by atoms with E-state index in [2.05, 4.69) is 25.2 Å². The molecule has 1 aliphatic carbocycles. The third-order valence-corrected chi connectivity index (χ3v) is 5.88. The van der Waals surface area contributed by atoms with Gasteiger partial charge >= 0.3 is 0 Å². The molecule has 1 saturated carbocycles. The molecule has 114 valence electrons. The molecule has 0 aromatic carbocycles. The van der Waals surface area contributed by atoms with Gasteiger partial charge in [0.1, 0.15) is 11.8 Å². The predicted molar refractivity (Wildman–Crippen MR) is 89.1 cm³/mol. The zero-order valence-electron chi connectivity index (χ0n) is 12.6. The lowest BCUT2D eigenvalue weighted by atomic mass is 9.73. The van der Waals surface area contributed by atoms with E-state index in [9.17, 15) is 0 Å². The molecule has 3 rings (SSSR count). The Morgan fingerprint density at radius 3 is 2.81 bits per heavy atom. The number of furan rings is 1. The monoisotopic (exact) mass is 323 g/mol. The fourth-order valence-electron chi connectivity index (χ4n) is 3.25. The highest BCUT2D eigenvalue weighted by Crippen LogP contribution is 2.39. The molecule has 4 heteroatoms. The first-order valence-electron chi connectivity index (χ1n) is 7.61. The summed E-state index contributed by atoms with van der Waals surface area (Å²) in [7, 11) is 0. The summed E-state index contributed by atoms with van der Waals surface area (Å²) >= 11 is 7.75. The SMILES string of the molecule is CC1(C)CCCCC1NC(c1ccco1)c1ccc(Cl)s1. The summed E-state index contributed by atoms with van der Waals surface area (Å²) in [6, 6.07) is 8.66. The third-order valence-electron chi connectivity index (χ3n) is 4.58. The van der Waals surface area contributed by atoms with Crippen LogP contribution in [-0.2, 0) is 0 Å². The van der Waals surface area contributed by atoms with E-state index in [0.717, 1.165) is 10.1 Å². The van der Waals surface area contributed by atoms with E-state index in [1.807, 2.05) is 18.2 Å². The number of rotatable bonds is 4. The van der Waals surface area contributed by atoms with Crippen molar-refractivity contribution in [3.63, 3.8) is 0 Å². The standard InChI is InChI=1S/C17H22ClNOS/c1-17(2)10-4-3-7-14(17)19-16(12-6-5-11-20-12)13-8-9-15(18)21-13/h5-6,8-9,11,14,16,19H,3-4,7,10H2,1-2H3. The van der Waals surface area contributed by atoms with Gasteiger partial charge in [0, 0.05) is 10.9 Å². The van der Waals surface area contributed by atoms with Crippen molar-refractivity contribution in [2.45, 2.75) is 51.6 Å². The van der Waals surface area contributed by atoms with Crippen LogP contribution in [0.25, 0.3) is 0 Å². The van der Waals surface area contributed by atoms with Gasteiger partial charge in [-0.1, -0.05) is 38.3 Å². The van der Waals surface area contributed by atoms with E-state index in [0.29, 0.717) is 11.5 Å². The van der Waals surface area contributed by atoms with Gasteiger partial charge in [-0.2, -0.15) is 0 Å². The predicted octanol–water partition coefficient (Wildman–Crippen LogP) is 5.64. The summed E-state index contributed by atoms with van der Waals surface area (Å²) in [5.74, 6) is 0.967. The lowest BCUT2D eigenvalue weighted by molar-refractivity contribution is 0.157. The summed E-state index contributed by atoms with van der Waals surface area (Å²) in [6.45, 7) is 4.73. The summed E-state index contributed by atoms with van der Waals surface area (Å²) in [5.41, 5.74) is 0.324. The van der Waals surface area contributed by atoms with Gasteiger partial charge in [-0.3, -0.25) is 5.32 Å². The van der Waals surface area contributed by atoms with Gasteiger partial charge in [-0.25, -0.2) is 0 Å². The maximum Gasteiger partial charge on any atom is 0.126 e. The number of halogens is 1. The molecule has 0 bridgehead atoms. The maximum absolute atomic E-state index is 6.12. The normalized spacial score (nSPS) is 23.1. The van der Waals surface area contributed by atoms with Crippen LogP contribution in [0.4, 0.5) is 0 Å². The highest BCUT2D eigenvalue weighted by atomic mass is 35.5. The van der Waals surface area contributed by atoms with Gasteiger partial charge in [-0.15, -0.1) is 11.3 Å². The summed E-state index contributed by atoms with van der Waals surface area (Å²) in [5, 5.41) is 3.84. The maximum atomic E-state index is 6.12. The molecule has 0 radical (unpaired) electrons. The van der Waals surface area contributed by atoms with Crippen LogP contribution in [-0.4, -0.2) is 6.04 Å². The Bertz CT molecular complexity index is 575. The van der Waals surface area contributed by atoms with E-state index >= 15 is 0 Å². The lowest BCUT2D eigenvalue weighted by Gasteiger charge is -2.40. The molecule has 1 N–H and O–H groups in total. The second-order valence-corrected chi connectivity index (χ2v) is 8.29. The van der Waals surface area contributed by atoms with Gasteiger partial charge in [0.2, 0.25) is 0 Å². The van der Waals surface area contributed by atoms with Crippen LogP contribution < -0.4 is 5.32 Å². The number of hydrogen-bond acceptors (Lipinski definition) is 3. The molecule has 2 nitrogen and oxygen atoms in total. The quantitative estimate of drug-likeness (QED) is 0.787. The number of hydrogen-bond donors (Lipinski definition) is 1. The van der Waals surface area contributed by atoms with E-state index in [4.69, 9.17) is 16.0 Å². The van der Waals surface area contributed by atoms with Crippen molar-refractivity contribution in [1.82, 2.24) is 5.32 Å². The number of nitrogens with one attached hydrogen (secondary N) is 1. The molecule has 0 amide bonds. The van der Waals surface area contributed by atoms with Crippen LogP contribution in [0.3, 0.4) is 0 Å². The second kappa shape index (κ2) is 6.15. The average Bonchev–Trinajstić information content (AvgIpc) is 3.09. The fourth-order valence-corrected chi connectivity index (χ4v) is 4.38. The van der Waals surface area contributed by atoms with Crippen molar-refractivity contribution in [1.29, 1.82) is 0 Å². The van der Waals surface area contributed by atoms with Crippen molar-refractivity contribution in [2.24, 2.45) is 5.41 Å². The van der Waals surface area contributed by atoms with Crippen LogP contribution in [0.1, 0.15) is 56.2 Å². The molecule has 1 aliphatic rings. The molecule has 2 unspecified atom stereocenters. The highest BCUT2D eigenvalue weighted by Gasteiger charge is 2.34. The Morgan fingerprint density at radius 1 is 1.33 bits per heavy atom. The van der Waals surface area contributed by atoms with Crippen LogP contribution in [0.15, 0.2) is 34.9 Å². The molecular formula is C17H22ClNOS. The van der Waals surface area contributed by atoms with Gasteiger partial charge in [0.25, 0.3) is 0 Å². The molecule has 2 aromatic rings. The van der Waals surface area contributed by atoms with Crippen molar-refractivity contribution >= 4 is 22.9 Å². The molecule has 2 atom stereocenters. The lowest BCUT2D eigenvalue weighted by Crippen LogP contribution is -2.45. The average molecular weight is 324 g/mol. The van der Waals surface area contributed by atoms with Gasteiger partial charge in [-0.05, 0) is 42.5 Å². The first kappa shape index (κ1) is 15.1. The molecule has 0 saturated heterocycles. The third kappa shape index (κ3) is 3.36. The van der Waals surface area contributed by atoms with Crippen molar-refractivity contribution < 1.29 is 4.42 Å². The second-order valence-electron chi connectivity index (χ2n) is 6.54. The Balaban J connectivity index is 1.86. The summed E-state index contributed by atoms with van der Waals surface area (Å²) < 4.78 is 6.50. The first-order valence-corrected chi connectivity index (χ1v) is 8.80. The summed E-state index contributed by atoms with van der Waals surface area (Å²) in [4.78, 5) is 1.22. The zero-order valence-corrected chi connectivity index (χ0v) is 14.1. The molecule has 2 heterocycles. The molecule has 0 aliphatic heterocycles. The van der Waals surface area contributed by atoms with E-state index in [1.165, 1.54) is 30.6 Å². The van der Waals surface area contributed by atoms with Crippen molar-refractivity contribution in [2.75, 3.05) is 0 Å². The van der Waals surface area contributed by atoms with Gasteiger partial charge < -0.3 is 4.42 Å². The minimum Gasteiger partial charge on any atom is -0.467 e. The van der Waals surface area contributed by atoms with Crippen LogP contribution >= 0.6 is 22.9 Å². The molecule has 0 spiro atoms.